The van der Waals surface area contributed by atoms with Crippen molar-refractivity contribution in [3.05, 3.63) is 59.4 Å². The van der Waals surface area contributed by atoms with E-state index in [2.05, 4.69) is 5.32 Å². The zero-order valence-electron chi connectivity index (χ0n) is 13.0. The van der Waals surface area contributed by atoms with Crippen LogP contribution in [0.25, 0.3) is 0 Å². The molecule has 1 aliphatic heterocycles. The number of rotatable bonds is 3. The van der Waals surface area contributed by atoms with E-state index in [1.807, 2.05) is 32.0 Å². The molecule has 0 saturated carbocycles. The molecule has 0 bridgehead atoms. The van der Waals surface area contributed by atoms with Crippen molar-refractivity contribution in [2.75, 3.05) is 10.2 Å². The van der Waals surface area contributed by atoms with E-state index >= 15 is 0 Å². The average molecular weight is 312 g/mol. The molecular formula is C18H17FN2O2. The molecular weight excluding hydrogens is 295 g/mol. The molecule has 3 rings (SSSR count). The van der Waals surface area contributed by atoms with Crippen molar-refractivity contribution in [2.45, 2.75) is 26.3 Å². The molecule has 1 N–H and O–H groups in total. The second-order valence-corrected chi connectivity index (χ2v) is 5.72. The number of para-hydroxylation sites is 1. The van der Waals surface area contributed by atoms with Gasteiger partial charge in [-0.05, 0) is 43.2 Å². The zero-order chi connectivity index (χ0) is 16.6. The second kappa shape index (κ2) is 5.83. The monoisotopic (exact) mass is 312 g/mol. The van der Waals surface area contributed by atoms with Crippen LogP contribution in [0.3, 0.4) is 0 Å². The highest BCUT2D eigenvalue weighted by Gasteiger charge is 2.39. The number of anilines is 2. The number of carbonyl (C=O) groups excluding carboxylic acids is 2. The van der Waals surface area contributed by atoms with Crippen molar-refractivity contribution in [3.8, 4) is 0 Å². The van der Waals surface area contributed by atoms with Crippen LogP contribution in [-0.2, 0) is 9.59 Å². The summed E-state index contributed by atoms with van der Waals surface area (Å²) in [4.78, 5) is 25.8. The molecule has 0 aromatic heterocycles. The van der Waals surface area contributed by atoms with Crippen LogP contribution < -0.4 is 10.2 Å². The van der Waals surface area contributed by atoms with Gasteiger partial charge in [0.1, 0.15) is 11.9 Å². The molecule has 1 atom stereocenters. The van der Waals surface area contributed by atoms with Crippen molar-refractivity contribution in [3.63, 3.8) is 0 Å². The smallest absolute Gasteiger partial charge is 0.256 e. The first-order valence-electron chi connectivity index (χ1n) is 7.42. The third-order valence-corrected chi connectivity index (χ3v) is 4.01. The van der Waals surface area contributed by atoms with E-state index in [-0.39, 0.29) is 23.9 Å². The Hall–Kier alpha value is -2.69. The van der Waals surface area contributed by atoms with Crippen LogP contribution in [0.5, 0.6) is 0 Å². The fraction of sp³-hybridized carbons (Fsp3) is 0.222. The Labute approximate surface area is 133 Å². The Morgan fingerprint density at radius 2 is 1.74 bits per heavy atom. The van der Waals surface area contributed by atoms with Gasteiger partial charge in [-0.3, -0.25) is 9.59 Å². The summed E-state index contributed by atoms with van der Waals surface area (Å²) in [6.45, 7) is 3.89. The lowest BCUT2D eigenvalue weighted by Gasteiger charge is -2.18. The molecule has 0 radical (unpaired) electrons. The van der Waals surface area contributed by atoms with Crippen molar-refractivity contribution < 1.29 is 14.0 Å². The zero-order valence-corrected chi connectivity index (χ0v) is 13.0. The van der Waals surface area contributed by atoms with Crippen LogP contribution in [0, 0.1) is 19.7 Å². The Balaban J connectivity index is 1.87. The van der Waals surface area contributed by atoms with Crippen molar-refractivity contribution >= 4 is 23.2 Å². The first-order chi connectivity index (χ1) is 11.0. The quantitative estimate of drug-likeness (QED) is 0.886. The van der Waals surface area contributed by atoms with Crippen molar-refractivity contribution in [1.82, 2.24) is 0 Å². The number of nitrogens with one attached hydrogen (secondary N) is 1. The van der Waals surface area contributed by atoms with Gasteiger partial charge in [-0.1, -0.05) is 24.3 Å². The first kappa shape index (κ1) is 15.2. The predicted molar refractivity (Wildman–Crippen MR) is 86.8 cm³/mol. The number of carbonyl (C=O) groups is 2. The lowest BCUT2D eigenvalue weighted by Crippen LogP contribution is -2.35. The maximum atomic E-state index is 13.4. The minimum atomic E-state index is -0.634. The number of amides is 2. The lowest BCUT2D eigenvalue weighted by atomic mass is 10.1. The van der Waals surface area contributed by atoms with E-state index in [1.165, 1.54) is 18.2 Å². The van der Waals surface area contributed by atoms with E-state index in [9.17, 15) is 14.0 Å². The molecule has 118 valence electrons. The molecule has 1 aliphatic rings. The normalized spacial score (nSPS) is 17.7. The molecule has 2 amide bonds. The van der Waals surface area contributed by atoms with Gasteiger partial charge in [0.2, 0.25) is 5.91 Å². The number of imide groups is 1. The molecule has 1 saturated heterocycles. The van der Waals surface area contributed by atoms with Crippen LogP contribution in [0.4, 0.5) is 15.8 Å². The minimum Gasteiger partial charge on any atom is -0.373 e. The summed E-state index contributed by atoms with van der Waals surface area (Å²) >= 11 is 0. The Bertz CT molecular complexity index is 768. The van der Waals surface area contributed by atoms with Crippen LogP contribution in [0.15, 0.2) is 42.5 Å². The summed E-state index contributed by atoms with van der Waals surface area (Å²) in [5.74, 6) is -1.16. The number of nitrogens with zero attached hydrogens (tertiary/aromatic N) is 1. The van der Waals surface area contributed by atoms with Crippen LogP contribution in [0.1, 0.15) is 17.5 Å². The van der Waals surface area contributed by atoms with Gasteiger partial charge in [0.05, 0.1) is 12.1 Å². The Morgan fingerprint density at radius 1 is 1.09 bits per heavy atom. The number of aryl methyl sites for hydroxylation is 2. The average Bonchev–Trinajstić information content (AvgIpc) is 2.77. The maximum Gasteiger partial charge on any atom is 0.256 e. The SMILES string of the molecule is Cc1cccc(C)c1N[C@H]1CC(=O)N(c2cccc(F)c2)C1=O. The van der Waals surface area contributed by atoms with E-state index in [4.69, 9.17) is 0 Å². The van der Waals surface area contributed by atoms with E-state index in [0.717, 1.165) is 21.7 Å². The summed E-state index contributed by atoms with van der Waals surface area (Å²) in [7, 11) is 0. The highest BCUT2D eigenvalue weighted by atomic mass is 19.1. The third kappa shape index (κ3) is 2.82. The number of hydrogen-bond donors (Lipinski definition) is 1. The van der Waals surface area contributed by atoms with E-state index in [1.54, 1.807) is 6.07 Å². The van der Waals surface area contributed by atoms with Gasteiger partial charge in [0.25, 0.3) is 5.91 Å². The summed E-state index contributed by atoms with van der Waals surface area (Å²) in [5, 5.41) is 3.17. The molecule has 1 heterocycles. The lowest BCUT2D eigenvalue weighted by molar-refractivity contribution is -0.121. The molecule has 2 aromatic carbocycles. The summed E-state index contributed by atoms with van der Waals surface area (Å²) in [6, 6.07) is 10.7. The van der Waals surface area contributed by atoms with Gasteiger partial charge in [-0.25, -0.2) is 9.29 Å². The largest absolute Gasteiger partial charge is 0.373 e. The summed E-state index contributed by atoms with van der Waals surface area (Å²) in [5.41, 5.74) is 3.15. The number of halogens is 1. The van der Waals surface area contributed by atoms with E-state index < -0.39 is 11.9 Å². The van der Waals surface area contributed by atoms with Crippen molar-refractivity contribution in [1.29, 1.82) is 0 Å². The molecule has 23 heavy (non-hydrogen) atoms. The topological polar surface area (TPSA) is 49.4 Å². The predicted octanol–water partition coefficient (Wildman–Crippen LogP) is 3.19. The van der Waals surface area contributed by atoms with Gasteiger partial charge in [-0.2, -0.15) is 0 Å². The molecule has 5 heteroatoms. The minimum absolute atomic E-state index is 0.0587. The molecule has 0 spiro atoms. The summed E-state index contributed by atoms with van der Waals surface area (Å²) in [6.07, 6.45) is 0.0587. The third-order valence-electron chi connectivity index (χ3n) is 4.01. The highest BCUT2D eigenvalue weighted by molar-refractivity contribution is 6.23. The maximum absolute atomic E-state index is 13.4. The fourth-order valence-electron chi connectivity index (χ4n) is 2.85. The summed E-state index contributed by atoms with van der Waals surface area (Å²) < 4.78 is 13.4. The molecule has 1 fully saturated rings. The number of benzene rings is 2. The van der Waals surface area contributed by atoms with Crippen LogP contribution in [-0.4, -0.2) is 17.9 Å². The molecule has 2 aromatic rings. The van der Waals surface area contributed by atoms with Gasteiger partial charge in [0, 0.05) is 5.69 Å². The van der Waals surface area contributed by atoms with Gasteiger partial charge >= 0.3 is 0 Å². The standard InChI is InChI=1S/C18H17FN2O2/c1-11-5-3-6-12(2)17(11)20-15-10-16(22)21(18(15)23)14-8-4-7-13(19)9-14/h3-9,15,20H,10H2,1-2H3/t15-/m0/s1. The Kier molecular flexibility index (Phi) is 3.86. The van der Waals surface area contributed by atoms with Gasteiger partial charge in [0.15, 0.2) is 0 Å². The number of hydrogen-bond acceptors (Lipinski definition) is 3. The fourth-order valence-corrected chi connectivity index (χ4v) is 2.85. The molecule has 0 aliphatic carbocycles. The van der Waals surface area contributed by atoms with Gasteiger partial charge in [-0.15, -0.1) is 0 Å². The molecule has 0 unspecified atom stereocenters. The highest BCUT2D eigenvalue weighted by Crippen LogP contribution is 2.27. The van der Waals surface area contributed by atoms with Crippen LogP contribution in [0.2, 0.25) is 0 Å². The van der Waals surface area contributed by atoms with Crippen molar-refractivity contribution in [2.24, 2.45) is 0 Å². The Morgan fingerprint density at radius 3 is 2.39 bits per heavy atom. The van der Waals surface area contributed by atoms with E-state index in [0.29, 0.717) is 0 Å². The van der Waals surface area contributed by atoms with Crippen LogP contribution >= 0.6 is 0 Å². The first-order valence-corrected chi connectivity index (χ1v) is 7.42. The second-order valence-electron chi connectivity index (χ2n) is 5.72. The van der Waals surface area contributed by atoms with Gasteiger partial charge < -0.3 is 5.32 Å². The molecule has 4 nitrogen and oxygen atoms in total.